The maximum atomic E-state index is 12.4. The van der Waals surface area contributed by atoms with E-state index in [0.29, 0.717) is 10.6 Å². The van der Waals surface area contributed by atoms with E-state index in [4.69, 9.17) is 16.0 Å². The summed E-state index contributed by atoms with van der Waals surface area (Å²) in [6, 6.07) is 20.7. The Morgan fingerprint density at radius 2 is 1.70 bits per heavy atom. The van der Waals surface area contributed by atoms with Gasteiger partial charge in [-0.2, -0.15) is 0 Å². The Bertz CT molecular complexity index is 1040. The summed E-state index contributed by atoms with van der Waals surface area (Å²) in [4.78, 5) is 12.4. The van der Waals surface area contributed by atoms with Crippen molar-refractivity contribution in [3.05, 3.63) is 77.5 Å². The van der Waals surface area contributed by atoms with E-state index in [-0.39, 0.29) is 11.7 Å². The fourth-order valence-corrected chi connectivity index (χ4v) is 2.77. The van der Waals surface area contributed by atoms with Crippen LogP contribution in [0.2, 0.25) is 5.02 Å². The van der Waals surface area contributed by atoms with E-state index < -0.39 is 0 Å². The number of rotatable bonds is 2. The number of benzene rings is 3. The molecular formula is C19H12ClNO2. The summed E-state index contributed by atoms with van der Waals surface area (Å²) in [6.45, 7) is 0. The average Bonchev–Trinajstić information content (AvgIpc) is 2.98. The van der Waals surface area contributed by atoms with Crippen molar-refractivity contribution in [1.82, 2.24) is 0 Å². The number of carbonyl (C=O) groups excluding carboxylic acids is 1. The summed E-state index contributed by atoms with van der Waals surface area (Å²) in [6.07, 6.45) is 0. The molecule has 1 amide bonds. The molecule has 0 saturated carbocycles. The summed E-state index contributed by atoms with van der Waals surface area (Å²) in [5.41, 5.74) is 1.37. The molecule has 0 fully saturated rings. The van der Waals surface area contributed by atoms with E-state index in [9.17, 15) is 4.79 Å². The van der Waals surface area contributed by atoms with Gasteiger partial charge in [0.05, 0.1) is 0 Å². The molecule has 4 rings (SSSR count). The van der Waals surface area contributed by atoms with Crippen LogP contribution in [0.3, 0.4) is 0 Å². The van der Waals surface area contributed by atoms with Crippen LogP contribution in [0.4, 0.5) is 5.69 Å². The zero-order valence-electron chi connectivity index (χ0n) is 12.0. The lowest BCUT2D eigenvalue weighted by atomic mass is 10.1. The number of nitrogens with one attached hydrogen (secondary N) is 1. The van der Waals surface area contributed by atoms with E-state index >= 15 is 0 Å². The van der Waals surface area contributed by atoms with Crippen LogP contribution in [0.15, 0.2) is 71.1 Å². The highest BCUT2D eigenvalue weighted by atomic mass is 35.5. The topological polar surface area (TPSA) is 42.2 Å². The summed E-state index contributed by atoms with van der Waals surface area (Å²) >= 11 is 5.95. The fourth-order valence-electron chi connectivity index (χ4n) is 2.59. The molecule has 0 spiro atoms. The summed E-state index contributed by atoms with van der Waals surface area (Å²) in [7, 11) is 0. The number of halogens is 1. The van der Waals surface area contributed by atoms with E-state index in [1.165, 1.54) is 0 Å². The number of carbonyl (C=O) groups is 1. The van der Waals surface area contributed by atoms with Gasteiger partial charge in [-0.3, -0.25) is 4.79 Å². The molecule has 0 saturated heterocycles. The molecule has 0 aliphatic rings. The highest BCUT2D eigenvalue weighted by Crippen LogP contribution is 2.24. The van der Waals surface area contributed by atoms with Crippen molar-refractivity contribution in [1.29, 1.82) is 0 Å². The third-order valence-electron chi connectivity index (χ3n) is 3.71. The smallest absolute Gasteiger partial charge is 0.291 e. The van der Waals surface area contributed by atoms with Gasteiger partial charge in [-0.15, -0.1) is 0 Å². The van der Waals surface area contributed by atoms with Crippen LogP contribution in [0.5, 0.6) is 0 Å². The Morgan fingerprint density at radius 1 is 0.870 bits per heavy atom. The van der Waals surface area contributed by atoms with Gasteiger partial charge in [-0.05, 0) is 47.2 Å². The molecule has 0 bridgehead atoms. The Balaban J connectivity index is 1.64. The largest absolute Gasteiger partial charge is 0.451 e. The zero-order valence-corrected chi connectivity index (χ0v) is 12.8. The summed E-state index contributed by atoms with van der Waals surface area (Å²) in [5, 5.41) is 6.48. The van der Waals surface area contributed by atoms with Gasteiger partial charge in [-0.1, -0.05) is 41.9 Å². The minimum absolute atomic E-state index is 0.260. The number of hydrogen-bond acceptors (Lipinski definition) is 2. The number of amides is 1. The van der Waals surface area contributed by atoms with Crippen LogP contribution in [0, 0.1) is 0 Å². The maximum Gasteiger partial charge on any atom is 0.291 e. The van der Waals surface area contributed by atoms with Crippen molar-refractivity contribution >= 4 is 44.9 Å². The molecule has 112 valence electrons. The lowest BCUT2D eigenvalue weighted by Gasteiger charge is -2.04. The van der Waals surface area contributed by atoms with E-state index in [2.05, 4.69) is 5.32 Å². The molecule has 0 unspecified atom stereocenters. The molecule has 3 nitrogen and oxygen atoms in total. The Hall–Kier alpha value is -2.78. The molecule has 1 aromatic heterocycles. The van der Waals surface area contributed by atoms with Gasteiger partial charge in [0, 0.05) is 16.1 Å². The SMILES string of the molecule is O=C(Nc1ccc2ccccc2c1)c1cc2cc(Cl)ccc2o1. The molecule has 0 atom stereocenters. The van der Waals surface area contributed by atoms with Crippen LogP contribution in [0.1, 0.15) is 10.6 Å². The second-order valence-corrected chi connectivity index (χ2v) is 5.75. The first-order valence-electron chi connectivity index (χ1n) is 7.18. The van der Waals surface area contributed by atoms with Gasteiger partial charge >= 0.3 is 0 Å². The van der Waals surface area contributed by atoms with Crippen LogP contribution < -0.4 is 5.32 Å². The van der Waals surface area contributed by atoms with Crippen molar-refractivity contribution in [2.45, 2.75) is 0 Å². The number of fused-ring (bicyclic) bond motifs is 2. The fraction of sp³-hybridized carbons (Fsp3) is 0. The Kier molecular flexibility index (Phi) is 3.28. The van der Waals surface area contributed by atoms with Crippen molar-refractivity contribution < 1.29 is 9.21 Å². The van der Waals surface area contributed by atoms with Crippen molar-refractivity contribution in [3.8, 4) is 0 Å². The van der Waals surface area contributed by atoms with Crippen molar-refractivity contribution in [2.75, 3.05) is 5.32 Å². The second kappa shape index (κ2) is 5.45. The maximum absolute atomic E-state index is 12.4. The van der Waals surface area contributed by atoms with Crippen LogP contribution in [0.25, 0.3) is 21.7 Å². The van der Waals surface area contributed by atoms with Gasteiger partial charge in [0.25, 0.3) is 5.91 Å². The molecule has 23 heavy (non-hydrogen) atoms. The molecule has 0 radical (unpaired) electrons. The average molecular weight is 322 g/mol. The normalized spacial score (nSPS) is 11.0. The quantitative estimate of drug-likeness (QED) is 0.530. The molecule has 0 aliphatic heterocycles. The van der Waals surface area contributed by atoms with Crippen molar-refractivity contribution in [3.63, 3.8) is 0 Å². The highest BCUT2D eigenvalue weighted by molar-refractivity contribution is 6.31. The van der Waals surface area contributed by atoms with Gasteiger partial charge in [0.15, 0.2) is 5.76 Å². The molecule has 3 aromatic carbocycles. The molecule has 4 heteroatoms. The van der Waals surface area contributed by atoms with Crippen LogP contribution in [-0.4, -0.2) is 5.91 Å². The van der Waals surface area contributed by atoms with E-state index in [0.717, 1.165) is 21.8 Å². The summed E-state index contributed by atoms with van der Waals surface area (Å²) < 4.78 is 5.57. The second-order valence-electron chi connectivity index (χ2n) is 5.31. The number of anilines is 1. The predicted molar refractivity (Wildman–Crippen MR) is 93.1 cm³/mol. The molecule has 1 heterocycles. The van der Waals surface area contributed by atoms with Gasteiger partial charge in [0.2, 0.25) is 0 Å². The monoisotopic (exact) mass is 321 g/mol. The predicted octanol–water partition coefficient (Wildman–Crippen LogP) is 5.49. The summed E-state index contributed by atoms with van der Waals surface area (Å²) in [5.74, 6) is -0.0250. The lowest BCUT2D eigenvalue weighted by molar-refractivity contribution is 0.0998. The van der Waals surface area contributed by atoms with E-state index in [1.807, 2.05) is 42.5 Å². The minimum Gasteiger partial charge on any atom is -0.451 e. The molecule has 1 N–H and O–H groups in total. The van der Waals surface area contributed by atoms with Gasteiger partial charge in [0.1, 0.15) is 5.58 Å². The van der Waals surface area contributed by atoms with Gasteiger partial charge in [-0.25, -0.2) is 0 Å². The highest BCUT2D eigenvalue weighted by Gasteiger charge is 2.13. The lowest BCUT2D eigenvalue weighted by Crippen LogP contribution is -2.10. The van der Waals surface area contributed by atoms with E-state index in [1.54, 1.807) is 24.3 Å². The molecule has 0 aliphatic carbocycles. The molecular weight excluding hydrogens is 310 g/mol. The first kappa shape index (κ1) is 13.9. The van der Waals surface area contributed by atoms with Crippen molar-refractivity contribution in [2.24, 2.45) is 0 Å². The Morgan fingerprint density at radius 3 is 2.57 bits per heavy atom. The van der Waals surface area contributed by atoms with Crippen LogP contribution >= 0.6 is 11.6 Å². The third-order valence-corrected chi connectivity index (χ3v) is 3.94. The first-order valence-corrected chi connectivity index (χ1v) is 7.56. The molecule has 4 aromatic rings. The Labute approximate surface area is 137 Å². The van der Waals surface area contributed by atoms with Gasteiger partial charge < -0.3 is 9.73 Å². The zero-order chi connectivity index (χ0) is 15.8. The number of furan rings is 1. The third kappa shape index (κ3) is 2.67. The first-order chi connectivity index (χ1) is 11.2. The minimum atomic E-state index is -0.285. The standard InChI is InChI=1S/C19H12ClNO2/c20-15-6-8-17-14(9-15)11-18(23-17)19(22)21-16-7-5-12-3-1-2-4-13(12)10-16/h1-11H,(H,21,22). The number of hydrogen-bond donors (Lipinski definition) is 1. The van der Waals surface area contributed by atoms with Crippen LogP contribution in [-0.2, 0) is 0 Å².